The Balaban J connectivity index is 2.29. The van der Waals surface area contributed by atoms with Crippen LogP contribution in [-0.2, 0) is 14.3 Å². The first-order chi connectivity index (χ1) is 9.02. The van der Waals surface area contributed by atoms with E-state index in [0.717, 1.165) is 19.3 Å². The molecular weight excluding hydrogens is 246 g/mol. The topological polar surface area (TPSA) is 75.6 Å². The minimum atomic E-state index is -0.844. The van der Waals surface area contributed by atoms with Crippen molar-refractivity contribution in [3.05, 3.63) is 0 Å². The Bertz CT molecular complexity index is 304. The van der Waals surface area contributed by atoms with Gasteiger partial charge in [-0.3, -0.25) is 9.59 Å². The SMILES string of the molecule is CC(C)OCCCNC(=O)[C@@H]1CCCC[C@@H]1C(=O)O. The van der Waals surface area contributed by atoms with E-state index in [4.69, 9.17) is 9.84 Å². The Morgan fingerprint density at radius 3 is 2.47 bits per heavy atom. The Kier molecular flexibility index (Phi) is 6.84. The zero-order valence-electron chi connectivity index (χ0n) is 11.9. The van der Waals surface area contributed by atoms with Crippen molar-refractivity contribution in [3.63, 3.8) is 0 Å². The summed E-state index contributed by atoms with van der Waals surface area (Å²) < 4.78 is 5.38. The lowest BCUT2D eigenvalue weighted by Crippen LogP contribution is -2.40. The van der Waals surface area contributed by atoms with E-state index in [9.17, 15) is 9.59 Å². The van der Waals surface area contributed by atoms with Gasteiger partial charge in [-0.15, -0.1) is 0 Å². The molecule has 0 aromatic carbocycles. The summed E-state index contributed by atoms with van der Waals surface area (Å²) in [6.07, 6.45) is 4.11. The van der Waals surface area contributed by atoms with E-state index in [1.807, 2.05) is 13.8 Å². The van der Waals surface area contributed by atoms with Crippen LogP contribution in [0.1, 0.15) is 46.0 Å². The van der Waals surface area contributed by atoms with Crippen molar-refractivity contribution in [3.8, 4) is 0 Å². The van der Waals surface area contributed by atoms with Crippen LogP contribution in [0, 0.1) is 11.8 Å². The second-order valence-corrected chi connectivity index (χ2v) is 5.40. The van der Waals surface area contributed by atoms with Crippen LogP contribution in [0.3, 0.4) is 0 Å². The summed E-state index contributed by atoms with van der Waals surface area (Å²) in [6, 6.07) is 0. The summed E-state index contributed by atoms with van der Waals surface area (Å²) >= 11 is 0. The van der Waals surface area contributed by atoms with Crippen LogP contribution in [0.25, 0.3) is 0 Å². The first-order valence-electron chi connectivity index (χ1n) is 7.14. The summed E-state index contributed by atoms with van der Waals surface area (Å²) in [5.41, 5.74) is 0. The molecule has 1 aliphatic rings. The lowest BCUT2D eigenvalue weighted by molar-refractivity contribution is -0.148. The highest BCUT2D eigenvalue weighted by molar-refractivity contribution is 5.84. The van der Waals surface area contributed by atoms with Gasteiger partial charge in [0.25, 0.3) is 0 Å². The molecule has 0 bridgehead atoms. The fourth-order valence-electron chi connectivity index (χ4n) is 2.47. The Morgan fingerprint density at radius 2 is 1.89 bits per heavy atom. The molecule has 19 heavy (non-hydrogen) atoms. The number of carboxylic acids is 1. The van der Waals surface area contributed by atoms with Crippen molar-refractivity contribution in [1.29, 1.82) is 0 Å². The number of nitrogens with one attached hydrogen (secondary N) is 1. The minimum absolute atomic E-state index is 0.114. The van der Waals surface area contributed by atoms with Crippen LogP contribution in [0.15, 0.2) is 0 Å². The molecule has 0 aromatic rings. The van der Waals surface area contributed by atoms with Crippen molar-refractivity contribution in [2.45, 2.75) is 52.1 Å². The normalized spacial score (nSPS) is 23.3. The number of aliphatic carboxylic acids is 1. The summed E-state index contributed by atoms with van der Waals surface area (Å²) in [6.45, 7) is 5.11. The number of hydrogen-bond donors (Lipinski definition) is 2. The van der Waals surface area contributed by atoms with Crippen LogP contribution in [0.5, 0.6) is 0 Å². The molecule has 0 aromatic heterocycles. The summed E-state index contributed by atoms with van der Waals surface area (Å²) in [7, 11) is 0. The van der Waals surface area contributed by atoms with Gasteiger partial charge < -0.3 is 15.2 Å². The first kappa shape index (κ1) is 16.0. The molecular formula is C14H25NO4. The molecule has 0 unspecified atom stereocenters. The van der Waals surface area contributed by atoms with Crippen molar-refractivity contribution in [2.24, 2.45) is 11.8 Å². The van der Waals surface area contributed by atoms with Gasteiger partial charge in [-0.1, -0.05) is 12.8 Å². The third-order valence-corrected chi connectivity index (χ3v) is 3.49. The largest absolute Gasteiger partial charge is 0.481 e. The van der Waals surface area contributed by atoms with E-state index in [1.165, 1.54) is 0 Å². The molecule has 0 heterocycles. The second-order valence-electron chi connectivity index (χ2n) is 5.40. The molecule has 5 heteroatoms. The molecule has 110 valence electrons. The molecule has 5 nitrogen and oxygen atoms in total. The Labute approximate surface area is 114 Å². The zero-order valence-corrected chi connectivity index (χ0v) is 11.9. The molecule has 1 fully saturated rings. The molecule has 1 aliphatic carbocycles. The standard InChI is InChI=1S/C14H25NO4/c1-10(2)19-9-5-8-15-13(16)11-6-3-4-7-12(11)14(17)18/h10-12H,3-9H2,1-2H3,(H,15,16)(H,17,18)/t11-,12+/m1/s1. The maximum absolute atomic E-state index is 12.0. The molecule has 0 radical (unpaired) electrons. The van der Waals surface area contributed by atoms with Crippen LogP contribution < -0.4 is 5.32 Å². The van der Waals surface area contributed by atoms with Crippen molar-refractivity contribution in [2.75, 3.05) is 13.2 Å². The number of carbonyl (C=O) groups is 2. The monoisotopic (exact) mass is 271 g/mol. The van der Waals surface area contributed by atoms with Gasteiger partial charge in [-0.25, -0.2) is 0 Å². The molecule has 1 saturated carbocycles. The molecule has 0 spiro atoms. The van der Waals surface area contributed by atoms with Gasteiger partial charge in [0.2, 0.25) is 5.91 Å². The maximum atomic E-state index is 12.0. The fourth-order valence-corrected chi connectivity index (χ4v) is 2.47. The lowest BCUT2D eigenvalue weighted by Gasteiger charge is -2.27. The van der Waals surface area contributed by atoms with E-state index in [0.29, 0.717) is 26.0 Å². The van der Waals surface area contributed by atoms with Gasteiger partial charge in [-0.2, -0.15) is 0 Å². The predicted molar refractivity (Wildman–Crippen MR) is 71.8 cm³/mol. The average molecular weight is 271 g/mol. The molecule has 1 amide bonds. The van der Waals surface area contributed by atoms with Gasteiger partial charge in [0.1, 0.15) is 0 Å². The van der Waals surface area contributed by atoms with Crippen molar-refractivity contribution in [1.82, 2.24) is 5.32 Å². The quantitative estimate of drug-likeness (QED) is 0.692. The average Bonchev–Trinajstić information content (AvgIpc) is 2.37. The highest BCUT2D eigenvalue weighted by Gasteiger charge is 2.35. The third kappa shape index (κ3) is 5.59. The van der Waals surface area contributed by atoms with E-state index < -0.39 is 11.9 Å². The van der Waals surface area contributed by atoms with E-state index in [1.54, 1.807) is 0 Å². The Hall–Kier alpha value is -1.10. The highest BCUT2D eigenvalue weighted by atomic mass is 16.5. The number of amides is 1. The highest BCUT2D eigenvalue weighted by Crippen LogP contribution is 2.30. The van der Waals surface area contributed by atoms with Crippen LogP contribution in [0.4, 0.5) is 0 Å². The van der Waals surface area contributed by atoms with E-state index in [-0.39, 0.29) is 17.9 Å². The van der Waals surface area contributed by atoms with Crippen LogP contribution >= 0.6 is 0 Å². The smallest absolute Gasteiger partial charge is 0.307 e. The number of carbonyl (C=O) groups excluding carboxylic acids is 1. The summed E-state index contributed by atoms with van der Waals surface area (Å²) in [4.78, 5) is 23.1. The molecule has 2 N–H and O–H groups in total. The fraction of sp³-hybridized carbons (Fsp3) is 0.857. The van der Waals surface area contributed by atoms with Gasteiger partial charge in [0.05, 0.1) is 17.9 Å². The maximum Gasteiger partial charge on any atom is 0.307 e. The van der Waals surface area contributed by atoms with Gasteiger partial charge in [0.15, 0.2) is 0 Å². The van der Waals surface area contributed by atoms with E-state index >= 15 is 0 Å². The van der Waals surface area contributed by atoms with Crippen LogP contribution in [-0.4, -0.2) is 36.2 Å². The van der Waals surface area contributed by atoms with E-state index in [2.05, 4.69) is 5.32 Å². The lowest BCUT2D eigenvalue weighted by atomic mass is 9.79. The number of carboxylic acid groups (broad SMARTS) is 1. The molecule has 1 rings (SSSR count). The number of ether oxygens (including phenoxy) is 1. The minimum Gasteiger partial charge on any atom is -0.481 e. The molecule has 0 saturated heterocycles. The zero-order chi connectivity index (χ0) is 14.3. The van der Waals surface area contributed by atoms with Gasteiger partial charge >= 0.3 is 5.97 Å². The predicted octanol–water partition coefficient (Wildman–Crippen LogP) is 1.81. The first-order valence-corrected chi connectivity index (χ1v) is 7.14. The second kappa shape index (κ2) is 8.15. The third-order valence-electron chi connectivity index (χ3n) is 3.49. The van der Waals surface area contributed by atoms with Crippen molar-refractivity contribution >= 4 is 11.9 Å². The summed E-state index contributed by atoms with van der Waals surface area (Å²) in [5, 5.41) is 12.0. The Morgan fingerprint density at radius 1 is 1.26 bits per heavy atom. The van der Waals surface area contributed by atoms with Crippen molar-refractivity contribution < 1.29 is 19.4 Å². The molecule has 2 atom stereocenters. The van der Waals surface area contributed by atoms with Crippen LogP contribution in [0.2, 0.25) is 0 Å². The number of rotatable bonds is 7. The van der Waals surface area contributed by atoms with Gasteiger partial charge in [0, 0.05) is 13.2 Å². The number of hydrogen-bond acceptors (Lipinski definition) is 3. The summed E-state index contributed by atoms with van der Waals surface area (Å²) in [5.74, 6) is -1.84. The van der Waals surface area contributed by atoms with Gasteiger partial charge in [-0.05, 0) is 33.1 Å². The molecule has 0 aliphatic heterocycles.